The molecule has 2 aromatic rings. The van der Waals surface area contributed by atoms with Crippen LogP contribution in [0, 0.1) is 0 Å². The first-order valence-corrected chi connectivity index (χ1v) is 8.81. The number of carbonyl (C=O) groups excluding carboxylic acids is 1. The van der Waals surface area contributed by atoms with Crippen molar-refractivity contribution < 1.29 is 4.79 Å². The minimum atomic E-state index is -0.0631. The van der Waals surface area contributed by atoms with Gasteiger partial charge in [-0.3, -0.25) is 9.69 Å². The zero-order valence-electron chi connectivity index (χ0n) is 13.8. The van der Waals surface area contributed by atoms with Crippen LogP contribution in [0.5, 0.6) is 0 Å². The summed E-state index contributed by atoms with van der Waals surface area (Å²) < 4.78 is 1.63. The first-order valence-electron chi connectivity index (χ1n) is 8.81. The average molecular weight is 325 g/mol. The molecule has 3 heterocycles. The van der Waals surface area contributed by atoms with Crippen molar-refractivity contribution >= 4 is 5.91 Å². The predicted octanol–water partition coefficient (Wildman–Crippen LogP) is 2.01. The summed E-state index contributed by atoms with van der Waals surface area (Å²) in [5, 5.41) is 7.38. The second-order valence-corrected chi connectivity index (χ2v) is 6.72. The van der Waals surface area contributed by atoms with Gasteiger partial charge in [0.15, 0.2) is 5.82 Å². The molecule has 1 amide bonds. The van der Waals surface area contributed by atoms with Gasteiger partial charge in [0.2, 0.25) is 0 Å². The number of aromatic nitrogens is 3. The number of pyridine rings is 1. The monoisotopic (exact) mass is 325 g/mol. The van der Waals surface area contributed by atoms with E-state index in [1.165, 1.54) is 25.7 Å². The molecule has 24 heavy (non-hydrogen) atoms. The summed E-state index contributed by atoms with van der Waals surface area (Å²) in [6.45, 7) is 2.06. The van der Waals surface area contributed by atoms with Crippen molar-refractivity contribution in [1.82, 2.24) is 25.0 Å². The van der Waals surface area contributed by atoms with Crippen LogP contribution in [0.25, 0.3) is 5.82 Å². The van der Waals surface area contributed by atoms with E-state index in [9.17, 15) is 4.79 Å². The van der Waals surface area contributed by atoms with Crippen LogP contribution in [0.2, 0.25) is 0 Å². The Kier molecular flexibility index (Phi) is 4.30. The average Bonchev–Trinajstić information content (AvgIpc) is 3.36. The molecule has 1 saturated heterocycles. The molecule has 1 N–H and O–H groups in total. The summed E-state index contributed by atoms with van der Waals surface area (Å²) in [6.07, 6.45) is 11.5. The Morgan fingerprint density at radius 1 is 1.17 bits per heavy atom. The zero-order valence-corrected chi connectivity index (χ0v) is 13.8. The highest BCUT2D eigenvalue weighted by Gasteiger charge is 2.31. The number of carbonyl (C=O) groups is 1. The molecule has 2 aliphatic rings. The fourth-order valence-electron chi connectivity index (χ4n) is 3.92. The van der Waals surface area contributed by atoms with Crippen molar-refractivity contribution in [1.29, 1.82) is 0 Å². The minimum absolute atomic E-state index is 0.0631. The quantitative estimate of drug-likeness (QED) is 0.934. The fourth-order valence-corrected chi connectivity index (χ4v) is 3.92. The Bertz CT molecular complexity index is 693. The molecular formula is C18H23N5O. The summed E-state index contributed by atoms with van der Waals surface area (Å²) in [7, 11) is 0. The predicted molar refractivity (Wildman–Crippen MR) is 91.1 cm³/mol. The van der Waals surface area contributed by atoms with E-state index in [2.05, 4.69) is 20.3 Å². The molecule has 6 nitrogen and oxygen atoms in total. The first-order chi connectivity index (χ1) is 11.8. The molecule has 1 aliphatic heterocycles. The summed E-state index contributed by atoms with van der Waals surface area (Å²) in [4.78, 5) is 19.6. The van der Waals surface area contributed by atoms with Crippen molar-refractivity contribution in [2.45, 2.75) is 44.2 Å². The van der Waals surface area contributed by atoms with Crippen molar-refractivity contribution in [3.05, 3.63) is 42.4 Å². The zero-order chi connectivity index (χ0) is 16.4. The number of amides is 1. The van der Waals surface area contributed by atoms with Gasteiger partial charge in [0.25, 0.3) is 5.91 Å². The molecule has 0 aromatic carbocycles. The van der Waals surface area contributed by atoms with E-state index in [1.807, 2.05) is 12.1 Å². The molecule has 1 aliphatic carbocycles. The van der Waals surface area contributed by atoms with Crippen LogP contribution in [0.3, 0.4) is 0 Å². The van der Waals surface area contributed by atoms with Crippen LogP contribution in [-0.2, 0) is 0 Å². The summed E-state index contributed by atoms with van der Waals surface area (Å²) in [5.74, 6) is 0.512. The van der Waals surface area contributed by atoms with Gasteiger partial charge in [-0.2, -0.15) is 5.10 Å². The maximum Gasteiger partial charge on any atom is 0.255 e. The molecule has 1 unspecified atom stereocenters. The highest BCUT2D eigenvalue weighted by molar-refractivity contribution is 5.97. The van der Waals surface area contributed by atoms with E-state index < -0.39 is 0 Å². The molecule has 126 valence electrons. The van der Waals surface area contributed by atoms with E-state index >= 15 is 0 Å². The van der Waals surface area contributed by atoms with Crippen molar-refractivity contribution in [3.8, 4) is 5.82 Å². The molecular weight excluding hydrogens is 302 g/mol. The summed E-state index contributed by atoms with van der Waals surface area (Å²) >= 11 is 0. The largest absolute Gasteiger partial charge is 0.348 e. The van der Waals surface area contributed by atoms with Crippen molar-refractivity contribution in [2.24, 2.45) is 0 Å². The van der Waals surface area contributed by atoms with Crippen LogP contribution in [-0.4, -0.2) is 50.7 Å². The van der Waals surface area contributed by atoms with Crippen LogP contribution >= 0.6 is 0 Å². The van der Waals surface area contributed by atoms with E-state index in [4.69, 9.17) is 0 Å². The molecule has 0 spiro atoms. The van der Waals surface area contributed by atoms with Gasteiger partial charge in [0, 0.05) is 43.8 Å². The first kappa shape index (κ1) is 15.3. The van der Waals surface area contributed by atoms with Crippen LogP contribution in [0.1, 0.15) is 42.5 Å². The van der Waals surface area contributed by atoms with E-state index in [1.54, 1.807) is 29.3 Å². The number of hydrogen-bond acceptors (Lipinski definition) is 4. The lowest BCUT2D eigenvalue weighted by Crippen LogP contribution is -2.39. The number of nitrogens with zero attached hydrogens (tertiary/aromatic N) is 4. The Balaban J connectivity index is 1.44. The fraction of sp³-hybridized carbons (Fsp3) is 0.500. The second-order valence-electron chi connectivity index (χ2n) is 6.72. The third-order valence-corrected chi connectivity index (χ3v) is 5.15. The summed E-state index contributed by atoms with van der Waals surface area (Å²) in [6, 6.07) is 6.38. The molecule has 2 fully saturated rings. The lowest BCUT2D eigenvalue weighted by atomic mass is 10.2. The molecule has 6 heteroatoms. The highest BCUT2D eigenvalue weighted by atomic mass is 16.1. The Labute approximate surface area is 141 Å². The molecule has 4 rings (SSSR count). The van der Waals surface area contributed by atoms with Gasteiger partial charge in [-0.05, 0) is 37.5 Å². The highest BCUT2D eigenvalue weighted by Crippen LogP contribution is 2.26. The third kappa shape index (κ3) is 3.06. The van der Waals surface area contributed by atoms with E-state index in [0.717, 1.165) is 25.6 Å². The van der Waals surface area contributed by atoms with Gasteiger partial charge in [-0.25, -0.2) is 9.67 Å². The van der Waals surface area contributed by atoms with Gasteiger partial charge in [-0.1, -0.05) is 12.8 Å². The molecule has 0 bridgehead atoms. The van der Waals surface area contributed by atoms with Crippen molar-refractivity contribution in [3.63, 3.8) is 0 Å². The number of nitrogens with one attached hydrogen (secondary N) is 1. The third-order valence-electron chi connectivity index (χ3n) is 5.15. The SMILES string of the molecule is O=C(NC1CCN(C2CCCC2)C1)c1cccnc1-n1cccn1. The van der Waals surface area contributed by atoms with Crippen LogP contribution in [0.4, 0.5) is 0 Å². The van der Waals surface area contributed by atoms with Gasteiger partial charge in [0.05, 0.1) is 5.56 Å². The smallest absolute Gasteiger partial charge is 0.255 e. The second kappa shape index (κ2) is 6.73. The minimum Gasteiger partial charge on any atom is -0.348 e. The lowest BCUT2D eigenvalue weighted by Gasteiger charge is -2.23. The number of rotatable bonds is 4. The molecule has 1 atom stereocenters. The maximum absolute atomic E-state index is 12.7. The van der Waals surface area contributed by atoms with E-state index in [-0.39, 0.29) is 11.9 Å². The Hall–Kier alpha value is -2.21. The lowest BCUT2D eigenvalue weighted by molar-refractivity contribution is 0.0935. The Morgan fingerprint density at radius 2 is 2.04 bits per heavy atom. The van der Waals surface area contributed by atoms with Gasteiger partial charge < -0.3 is 5.32 Å². The number of likely N-dealkylation sites (tertiary alicyclic amines) is 1. The standard InChI is InChI=1S/C18H23N5O/c24-18(16-7-3-9-19-17(16)23-11-4-10-20-23)21-14-8-12-22(13-14)15-5-1-2-6-15/h3-4,7,9-11,14-15H,1-2,5-6,8,12-13H2,(H,21,24). The van der Waals surface area contributed by atoms with Gasteiger partial charge >= 0.3 is 0 Å². The summed E-state index contributed by atoms with van der Waals surface area (Å²) in [5.41, 5.74) is 0.570. The topological polar surface area (TPSA) is 63.1 Å². The molecule has 1 saturated carbocycles. The molecule has 0 radical (unpaired) electrons. The number of hydrogen-bond donors (Lipinski definition) is 1. The van der Waals surface area contributed by atoms with E-state index in [0.29, 0.717) is 11.4 Å². The van der Waals surface area contributed by atoms with Crippen molar-refractivity contribution in [2.75, 3.05) is 13.1 Å². The Morgan fingerprint density at radius 3 is 2.83 bits per heavy atom. The van der Waals surface area contributed by atoms with Gasteiger partial charge in [-0.15, -0.1) is 0 Å². The van der Waals surface area contributed by atoms with Crippen LogP contribution < -0.4 is 5.32 Å². The normalized spacial score (nSPS) is 22.1. The van der Waals surface area contributed by atoms with Gasteiger partial charge in [0.1, 0.15) is 0 Å². The maximum atomic E-state index is 12.7. The van der Waals surface area contributed by atoms with Crippen LogP contribution in [0.15, 0.2) is 36.8 Å². The molecule has 2 aromatic heterocycles.